The molecule has 0 saturated heterocycles. The van der Waals surface area contributed by atoms with Crippen LogP contribution in [0.15, 0.2) is 36.5 Å². The lowest BCUT2D eigenvalue weighted by atomic mass is 10.2. The van der Waals surface area contributed by atoms with Crippen molar-refractivity contribution >= 4 is 12.0 Å². The molecular weight excluding hydrogens is 162 g/mol. The number of carbonyl (C=O) groups excluding carboxylic acids is 1. The normalized spacial score (nSPS) is 10.2. The zero-order valence-electron chi connectivity index (χ0n) is 7.66. The van der Waals surface area contributed by atoms with Crippen LogP contribution in [-0.4, -0.2) is 5.91 Å². The molecule has 2 heteroatoms. The Morgan fingerprint density at radius 1 is 1.38 bits per heavy atom. The van der Waals surface area contributed by atoms with Gasteiger partial charge in [0, 0.05) is 12.6 Å². The molecule has 1 rings (SSSR count). The minimum Gasteiger partial charge on any atom is -0.333 e. The third-order valence-electron chi connectivity index (χ3n) is 1.64. The first-order valence-corrected chi connectivity index (χ1v) is 4.34. The molecule has 13 heavy (non-hydrogen) atoms. The fraction of sp³-hybridized carbons (Fsp3) is 0.182. The van der Waals surface area contributed by atoms with Crippen molar-refractivity contribution < 1.29 is 4.79 Å². The quantitative estimate of drug-likeness (QED) is 0.749. The van der Waals surface area contributed by atoms with E-state index < -0.39 is 0 Å². The van der Waals surface area contributed by atoms with Crippen molar-refractivity contribution in [2.75, 3.05) is 0 Å². The lowest BCUT2D eigenvalue weighted by Gasteiger charge is -1.94. The molecule has 0 spiro atoms. The van der Waals surface area contributed by atoms with Gasteiger partial charge in [-0.1, -0.05) is 37.3 Å². The summed E-state index contributed by atoms with van der Waals surface area (Å²) in [5, 5.41) is 2.66. The average molecular weight is 175 g/mol. The molecule has 1 aromatic carbocycles. The lowest BCUT2D eigenvalue weighted by Crippen LogP contribution is -2.14. The predicted octanol–water partition coefficient (Wildman–Crippen LogP) is 2.18. The van der Waals surface area contributed by atoms with Gasteiger partial charge in [-0.25, -0.2) is 0 Å². The van der Waals surface area contributed by atoms with Gasteiger partial charge in [0.2, 0.25) is 5.91 Å². The number of carbonyl (C=O) groups is 1. The first kappa shape index (κ1) is 9.52. The molecule has 0 fully saturated rings. The van der Waals surface area contributed by atoms with Crippen molar-refractivity contribution in [2.24, 2.45) is 0 Å². The van der Waals surface area contributed by atoms with Crippen molar-refractivity contribution in [3.05, 3.63) is 42.1 Å². The largest absolute Gasteiger partial charge is 0.333 e. The average Bonchev–Trinajstić information content (AvgIpc) is 2.19. The third-order valence-corrected chi connectivity index (χ3v) is 1.64. The number of rotatable bonds is 3. The summed E-state index contributed by atoms with van der Waals surface area (Å²) in [5.41, 5.74) is 1.08. The van der Waals surface area contributed by atoms with E-state index in [4.69, 9.17) is 0 Å². The molecule has 1 aromatic rings. The highest BCUT2D eigenvalue weighted by molar-refractivity contribution is 5.77. The zero-order chi connectivity index (χ0) is 9.52. The molecule has 0 heterocycles. The summed E-state index contributed by atoms with van der Waals surface area (Å²) in [6, 6.07) is 9.84. The van der Waals surface area contributed by atoms with E-state index in [1.165, 1.54) is 0 Å². The highest BCUT2D eigenvalue weighted by atomic mass is 16.1. The van der Waals surface area contributed by atoms with E-state index in [2.05, 4.69) is 5.32 Å². The van der Waals surface area contributed by atoms with Crippen LogP contribution in [0, 0.1) is 0 Å². The van der Waals surface area contributed by atoms with Crippen LogP contribution >= 0.6 is 0 Å². The smallest absolute Gasteiger partial charge is 0.223 e. The number of hydrogen-bond acceptors (Lipinski definition) is 1. The van der Waals surface area contributed by atoms with Crippen LogP contribution in [0.4, 0.5) is 0 Å². The molecule has 0 aliphatic rings. The van der Waals surface area contributed by atoms with Gasteiger partial charge in [0.1, 0.15) is 0 Å². The van der Waals surface area contributed by atoms with Crippen molar-refractivity contribution in [1.82, 2.24) is 5.32 Å². The number of nitrogens with one attached hydrogen (secondary N) is 1. The summed E-state index contributed by atoms with van der Waals surface area (Å²) >= 11 is 0. The van der Waals surface area contributed by atoms with Gasteiger partial charge in [-0.15, -0.1) is 0 Å². The molecule has 0 saturated carbocycles. The van der Waals surface area contributed by atoms with E-state index in [1.54, 1.807) is 6.20 Å². The molecule has 0 atom stereocenters. The van der Waals surface area contributed by atoms with Gasteiger partial charge in [-0.2, -0.15) is 0 Å². The summed E-state index contributed by atoms with van der Waals surface area (Å²) in [4.78, 5) is 10.8. The summed E-state index contributed by atoms with van der Waals surface area (Å²) in [6.07, 6.45) is 4.05. The fourth-order valence-electron chi connectivity index (χ4n) is 0.897. The molecule has 2 nitrogen and oxygen atoms in total. The molecule has 0 radical (unpaired) electrons. The Labute approximate surface area is 78.3 Å². The van der Waals surface area contributed by atoms with E-state index >= 15 is 0 Å². The molecule has 0 aliphatic heterocycles. The van der Waals surface area contributed by atoms with Crippen molar-refractivity contribution in [2.45, 2.75) is 13.3 Å². The summed E-state index contributed by atoms with van der Waals surface area (Å²) in [6.45, 7) is 1.83. The second-order valence-corrected chi connectivity index (χ2v) is 2.67. The van der Waals surface area contributed by atoms with Crippen molar-refractivity contribution in [3.8, 4) is 0 Å². The van der Waals surface area contributed by atoms with Gasteiger partial charge in [0.25, 0.3) is 0 Å². The van der Waals surface area contributed by atoms with Gasteiger partial charge in [0.15, 0.2) is 0 Å². The molecule has 68 valence electrons. The Balaban J connectivity index is 2.45. The number of amides is 1. The van der Waals surface area contributed by atoms with Crippen LogP contribution in [0.1, 0.15) is 18.9 Å². The number of hydrogen-bond donors (Lipinski definition) is 1. The van der Waals surface area contributed by atoms with Crippen LogP contribution in [0.3, 0.4) is 0 Å². The topological polar surface area (TPSA) is 29.1 Å². The maximum Gasteiger partial charge on any atom is 0.223 e. The van der Waals surface area contributed by atoms with Crippen LogP contribution in [0.25, 0.3) is 6.08 Å². The molecule has 1 amide bonds. The molecule has 0 unspecified atom stereocenters. The maximum absolute atomic E-state index is 10.8. The highest BCUT2D eigenvalue weighted by Gasteiger charge is 1.89. The summed E-state index contributed by atoms with van der Waals surface area (Å²) in [7, 11) is 0. The van der Waals surface area contributed by atoms with Crippen LogP contribution in [0.2, 0.25) is 0 Å². The lowest BCUT2D eigenvalue weighted by molar-refractivity contribution is -0.119. The molecule has 0 bridgehead atoms. The Hall–Kier alpha value is -1.57. The zero-order valence-corrected chi connectivity index (χ0v) is 7.66. The van der Waals surface area contributed by atoms with E-state index in [0.29, 0.717) is 6.42 Å². The van der Waals surface area contributed by atoms with Crippen molar-refractivity contribution in [1.29, 1.82) is 0 Å². The third kappa shape index (κ3) is 3.56. The van der Waals surface area contributed by atoms with E-state index in [1.807, 2.05) is 43.3 Å². The Bertz CT molecular complexity index is 290. The van der Waals surface area contributed by atoms with Gasteiger partial charge in [-0.05, 0) is 11.6 Å². The van der Waals surface area contributed by atoms with Gasteiger partial charge < -0.3 is 5.32 Å². The Morgan fingerprint density at radius 3 is 2.69 bits per heavy atom. The van der Waals surface area contributed by atoms with E-state index in [0.717, 1.165) is 5.56 Å². The molecule has 0 aliphatic carbocycles. The van der Waals surface area contributed by atoms with Gasteiger partial charge in [-0.3, -0.25) is 4.79 Å². The summed E-state index contributed by atoms with van der Waals surface area (Å²) < 4.78 is 0. The Kier molecular flexibility index (Phi) is 3.76. The minimum atomic E-state index is 0.0344. The van der Waals surface area contributed by atoms with E-state index in [9.17, 15) is 4.79 Å². The SMILES string of the molecule is CCC(=O)NC=Cc1ccccc1. The molecule has 0 aromatic heterocycles. The maximum atomic E-state index is 10.8. The van der Waals surface area contributed by atoms with Gasteiger partial charge >= 0.3 is 0 Å². The number of benzene rings is 1. The molecular formula is C11H13NO. The summed E-state index contributed by atoms with van der Waals surface area (Å²) in [5.74, 6) is 0.0344. The predicted molar refractivity (Wildman–Crippen MR) is 53.9 cm³/mol. The second kappa shape index (κ2) is 5.14. The molecule has 1 N–H and O–H groups in total. The first-order valence-electron chi connectivity index (χ1n) is 4.34. The van der Waals surface area contributed by atoms with Crippen molar-refractivity contribution in [3.63, 3.8) is 0 Å². The van der Waals surface area contributed by atoms with Crippen LogP contribution < -0.4 is 5.32 Å². The fourth-order valence-corrected chi connectivity index (χ4v) is 0.897. The van der Waals surface area contributed by atoms with E-state index in [-0.39, 0.29) is 5.91 Å². The minimum absolute atomic E-state index is 0.0344. The van der Waals surface area contributed by atoms with Gasteiger partial charge in [0.05, 0.1) is 0 Å². The Morgan fingerprint density at radius 2 is 2.08 bits per heavy atom. The second-order valence-electron chi connectivity index (χ2n) is 2.67. The highest BCUT2D eigenvalue weighted by Crippen LogP contribution is 1.99. The first-order chi connectivity index (χ1) is 6.33. The van der Waals surface area contributed by atoms with Crippen LogP contribution in [0.5, 0.6) is 0 Å². The standard InChI is InChI=1S/C11H13NO/c1-2-11(13)12-9-8-10-6-4-3-5-7-10/h3-9H,2H2,1H3,(H,12,13). The monoisotopic (exact) mass is 175 g/mol. The van der Waals surface area contributed by atoms with Crippen LogP contribution in [-0.2, 0) is 4.79 Å².